The molecular formula is C15H22F2N2O2. The third-order valence-electron chi connectivity index (χ3n) is 3.08. The summed E-state index contributed by atoms with van der Waals surface area (Å²) in [5.41, 5.74) is 0.161. The molecule has 1 rings (SSSR count). The maximum Gasteiger partial charge on any atom is 0.314 e. The monoisotopic (exact) mass is 300 g/mol. The SMILES string of the molecule is CC(C)(C)C(O)CNC(=O)NCCc1cc(F)cc(F)c1. The third kappa shape index (κ3) is 6.53. The van der Waals surface area contributed by atoms with Crippen molar-refractivity contribution in [1.82, 2.24) is 10.6 Å². The van der Waals surface area contributed by atoms with Crippen molar-refractivity contribution in [2.24, 2.45) is 5.41 Å². The number of amides is 2. The average Bonchev–Trinajstić information content (AvgIpc) is 2.33. The van der Waals surface area contributed by atoms with Crippen LogP contribution in [0.15, 0.2) is 18.2 Å². The highest BCUT2D eigenvalue weighted by molar-refractivity contribution is 5.73. The molecule has 3 N–H and O–H groups in total. The van der Waals surface area contributed by atoms with Crippen molar-refractivity contribution in [2.75, 3.05) is 13.1 Å². The fourth-order valence-electron chi connectivity index (χ4n) is 1.63. The first-order valence-electron chi connectivity index (χ1n) is 6.83. The maximum atomic E-state index is 13.0. The molecule has 0 spiro atoms. The zero-order chi connectivity index (χ0) is 16.0. The second-order valence-electron chi connectivity index (χ2n) is 6.05. The van der Waals surface area contributed by atoms with Gasteiger partial charge in [-0.3, -0.25) is 0 Å². The van der Waals surface area contributed by atoms with E-state index in [-0.39, 0.29) is 18.5 Å². The van der Waals surface area contributed by atoms with E-state index in [1.54, 1.807) is 0 Å². The Labute approximate surface area is 123 Å². The molecule has 0 radical (unpaired) electrons. The molecule has 0 bridgehead atoms. The van der Waals surface area contributed by atoms with Crippen LogP contribution < -0.4 is 10.6 Å². The maximum absolute atomic E-state index is 13.0. The van der Waals surface area contributed by atoms with Crippen LogP contribution in [0.5, 0.6) is 0 Å². The van der Waals surface area contributed by atoms with E-state index in [1.807, 2.05) is 20.8 Å². The summed E-state index contributed by atoms with van der Waals surface area (Å²) in [4.78, 5) is 11.5. The number of nitrogens with one attached hydrogen (secondary N) is 2. The van der Waals surface area contributed by atoms with Crippen LogP contribution in [0.4, 0.5) is 13.6 Å². The van der Waals surface area contributed by atoms with Crippen LogP contribution >= 0.6 is 0 Å². The molecule has 1 atom stereocenters. The van der Waals surface area contributed by atoms with E-state index in [9.17, 15) is 18.7 Å². The van der Waals surface area contributed by atoms with Crippen molar-refractivity contribution in [3.05, 3.63) is 35.4 Å². The Morgan fingerprint density at radius 1 is 1.19 bits per heavy atom. The Morgan fingerprint density at radius 3 is 2.29 bits per heavy atom. The van der Waals surface area contributed by atoms with Crippen LogP contribution in [0.2, 0.25) is 0 Å². The van der Waals surface area contributed by atoms with Crippen LogP contribution in [0.1, 0.15) is 26.3 Å². The summed E-state index contributed by atoms with van der Waals surface area (Å²) >= 11 is 0. The van der Waals surface area contributed by atoms with Crippen molar-refractivity contribution >= 4 is 6.03 Å². The molecule has 0 fully saturated rings. The molecule has 6 heteroatoms. The lowest BCUT2D eigenvalue weighted by Crippen LogP contribution is -2.44. The smallest absolute Gasteiger partial charge is 0.314 e. The highest BCUT2D eigenvalue weighted by atomic mass is 19.1. The number of carbonyl (C=O) groups is 1. The van der Waals surface area contributed by atoms with E-state index in [0.717, 1.165) is 6.07 Å². The quantitative estimate of drug-likeness (QED) is 0.781. The molecule has 1 aromatic carbocycles. The summed E-state index contributed by atoms with van der Waals surface area (Å²) in [7, 11) is 0. The molecule has 0 aliphatic rings. The van der Waals surface area contributed by atoms with Gasteiger partial charge in [0.1, 0.15) is 11.6 Å². The van der Waals surface area contributed by atoms with Gasteiger partial charge >= 0.3 is 6.03 Å². The number of hydrogen-bond donors (Lipinski definition) is 3. The Balaban J connectivity index is 2.31. The van der Waals surface area contributed by atoms with Gasteiger partial charge in [0, 0.05) is 19.2 Å². The highest BCUT2D eigenvalue weighted by Crippen LogP contribution is 2.17. The number of benzene rings is 1. The fourth-order valence-corrected chi connectivity index (χ4v) is 1.63. The van der Waals surface area contributed by atoms with E-state index >= 15 is 0 Å². The predicted octanol–water partition coefficient (Wildman–Crippen LogP) is 2.21. The van der Waals surface area contributed by atoms with Gasteiger partial charge in [-0.2, -0.15) is 0 Å². The van der Waals surface area contributed by atoms with Crippen molar-refractivity contribution in [2.45, 2.75) is 33.3 Å². The van der Waals surface area contributed by atoms with Crippen LogP contribution in [0, 0.1) is 17.0 Å². The Kier molecular flexibility index (Phi) is 6.08. The summed E-state index contributed by atoms with van der Waals surface area (Å²) in [5, 5.41) is 14.9. The van der Waals surface area contributed by atoms with E-state index in [1.165, 1.54) is 12.1 Å². The normalized spacial score (nSPS) is 12.9. The molecule has 0 aliphatic heterocycles. The highest BCUT2D eigenvalue weighted by Gasteiger charge is 2.22. The Bertz CT molecular complexity index is 467. The summed E-state index contributed by atoms with van der Waals surface area (Å²) in [5.74, 6) is -1.27. The van der Waals surface area contributed by atoms with Gasteiger partial charge < -0.3 is 15.7 Å². The molecule has 2 amide bonds. The number of halogens is 2. The largest absolute Gasteiger partial charge is 0.391 e. The van der Waals surface area contributed by atoms with Gasteiger partial charge in [0.25, 0.3) is 0 Å². The predicted molar refractivity (Wildman–Crippen MR) is 76.9 cm³/mol. The summed E-state index contributed by atoms with van der Waals surface area (Å²) in [6.07, 6.45) is -0.329. The van der Waals surface area contributed by atoms with Crippen LogP contribution in [0.25, 0.3) is 0 Å². The molecule has 1 unspecified atom stereocenters. The molecule has 0 saturated carbocycles. The molecule has 0 aromatic heterocycles. The zero-order valence-electron chi connectivity index (χ0n) is 12.5. The minimum atomic E-state index is -0.652. The molecule has 21 heavy (non-hydrogen) atoms. The lowest BCUT2D eigenvalue weighted by Gasteiger charge is -2.25. The lowest BCUT2D eigenvalue weighted by atomic mass is 9.89. The summed E-state index contributed by atoms with van der Waals surface area (Å²) in [6, 6.07) is 2.84. The van der Waals surface area contributed by atoms with Crippen LogP contribution in [-0.4, -0.2) is 30.3 Å². The number of rotatable bonds is 5. The van der Waals surface area contributed by atoms with E-state index < -0.39 is 23.8 Å². The van der Waals surface area contributed by atoms with Crippen molar-refractivity contribution in [1.29, 1.82) is 0 Å². The Morgan fingerprint density at radius 2 is 1.76 bits per heavy atom. The van der Waals surface area contributed by atoms with Crippen LogP contribution in [-0.2, 0) is 6.42 Å². The van der Waals surface area contributed by atoms with E-state index in [0.29, 0.717) is 12.0 Å². The summed E-state index contributed by atoms with van der Waals surface area (Å²) < 4.78 is 25.9. The van der Waals surface area contributed by atoms with Crippen molar-refractivity contribution in [3.63, 3.8) is 0 Å². The minimum Gasteiger partial charge on any atom is -0.391 e. The second kappa shape index (κ2) is 7.36. The van der Waals surface area contributed by atoms with Crippen molar-refractivity contribution < 1.29 is 18.7 Å². The standard InChI is InChI=1S/C15H22F2N2O2/c1-15(2,3)13(20)9-19-14(21)18-5-4-10-6-11(16)8-12(17)7-10/h6-8,13,20H,4-5,9H2,1-3H3,(H2,18,19,21). The first-order chi connectivity index (χ1) is 9.68. The zero-order valence-corrected chi connectivity index (χ0v) is 12.5. The van der Waals surface area contributed by atoms with E-state index in [2.05, 4.69) is 10.6 Å². The molecule has 0 saturated heterocycles. The van der Waals surface area contributed by atoms with E-state index in [4.69, 9.17) is 0 Å². The molecule has 118 valence electrons. The first-order valence-corrected chi connectivity index (χ1v) is 6.83. The van der Waals surface area contributed by atoms with Gasteiger partial charge in [0.05, 0.1) is 6.10 Å². The number of aliphatic hydroxyl groups excluding tert-OH is 1. The Hall–Kier alpha value is -1.69. The van der Waals surface area contributed by atoms with Crippen LogP contribution in [0.3, 0.4) is 0 Å². The second-order valence-corrected chi connectivity index (χ2v) is 6.05. The first kappa shape index (κ1) is 17.4. The molecular weight excluding hydrogens is 278 g/mol. The lowest BCUT2D eigenvalue weighted by molar-refractivity contribution is 0.0650. The van der Waals surface area contributed by atoms with Gasteiger partial charge in [-0.05, 0) is 29.5 Å². The van der Waals surface area contributed by atoms with Crippen molar-refractivity contribution in [3.8, 4) is 0 Å². The third-order valence-corrected chi connectivity index (χ3v) is 3.08. The number of carbonyl (C=O) groups excluding carboxylic acids is 1. The minimum absolute atomic E-state index is 0.143. The van der Waals surface area contributed by atoms with Gasteiger partial charge in [-0.15, -0.1) is 0 Å². The average molecular weight is 300 g/mol. The fraction of sp³-hybridized carbons (Fsp3) is 0.533. The van der Waals surface area contributed by atoms with Gasteiger partial charge in [0.15, 0.2) is 0 Å². The molecule has 0 heterocycles. The molecule has 4 nitrogen and oxygen atoms in total. The number of urea groups is 1. The van der Waals surface area contributed by atoms with Gasteiger partial charge in [-0.25, -0.2) is 13.6 Å². The topological polar surface area (TPSA) is 61.4 Å². The number of hydrogen-bond acceptors (Lipinski definition) is 2. The number of aliphatic hydroxyl groups is 1. The van der Waals surface area contributed by atoms with Gasteiger partial charge in [-0.1, -0.05) is 20.8 Å². The summed E-state index contributed by atoms with van der Waals surface area (Å²) in [6.45, 7) is 6.01. The molecule has 0 aliphatic carbocycles. The molecule has 1 aromatic rings. The van der Waals surface area contributed by atoms with Gasteiger partial charge in [0.2, 0.25) is 0 Å².